The molecule has 2 amide bonds. The highest BCUT2D eigenvalue weighted by atomic mass is 16.5. The van der Waals surface area contributed by atoms with Gasteiger partial charge in [0.1, 0.15) is 5.75 Å². The van der Waals surface area contributed by atoms with Crippen molar-refractivity contribution < 1.29 is 14.3 Å². The molecule has 3 rings (SSSR count). The minimum atomic E-state index is -0.631. The molecule has 1 aliphatic heterocycles. The third kappa shape index (κ3) is 5.37. The van der Waals surface area contributed by atoms with Crippen LogP contribution in [0, 0.1) is 13.8 Å². The Kier molecular flexibility index (Phi) is 6.91. The van der Waals surface area contributed by atoms with Gasteiger partial charge in [0.25, 0.3) is 11.8 Å². The third-order valence-corrected chi connectivity index (χ3v) is 5.37. The molecule has 1 saturated heterocycles. The second kappa shape index (κ2) is 9.59. The number of anilines is 1. The number of carbonyl (C=O) groups excluding carboxylic acids is 2. The molecule has 1 N–H and O–H groups in total. The predicted octanol–water partition coefficient (Wildman–Crippen LogP) is 4.73. The molecule has 2 aromatic rings. The molecule has 154 valence electrons. The Hall–Kier alpha value is -2.82. The van der Waals surface area contributed by atoms with E-state index in [1.54, 1.807) is 31.2 Å². The topological polar surface area (TPSA) is 58.6 Å². The van der Waals surface area contributed by atoms with Crippen LogP contribution in [0.5, 0.6) is 5.75 Å². The SMILES string of the molecule is Cc1cccc(C)c1OC(C)C(=O)Nc1ccc(C(=O)N2CCCCCC2)cc1. The molecule has 1 atom stereocenters. The molecule has 5 nitrogen and oxygen atoms in total. The number of likely N-dealkylation sites (tertiary alicyclic amines) is 1. The van der Waals surface area contributed by atoms with Gasteiger partial charge in [-0.1, -0.05) is 31.0 Å². The molecule has 1 heterocycles. The summed E-state index contributed by atoms with van der Waals surface area (Å²) in [4.78, 5) is 27.1. The minimum absolute atomic E-state index is 0.0662. The maximum atomic E-state index is 12.7. The van der Waals surface area contributed by atoms with Crippen LogP contribution in [0.15, 0.2) is 42.5 Å². The van der Waals surface area contributed by atoms with E-state index in [0.717, 1.165) is 42.8 Å². The summed E-state index contributed by atoms with van der Waals surface area (Å²) in [6, 6.07) is 13.0. The summed E-state index contributed by atoms with van der Waals surface area (Å²) in [5, 5.41) is 2.87. The normalized spacial score (nSPS) is 15.3. The lowest BCUT2D eigenvalue weighted by Gasteiger charge is -2.20. The summed E-state index contributed by atoms with van der Waals surface area (Å²) < 4.78 is 5.89. The van der Waals surface area contributed by atoms with Crippen LogP contribution in [-0.2, 0) is 4.79 Å². The number of nitrogens with zero attached hydrogens (tertiary/aromatic N) is 1. The Bertz CT molecular complexity index is 833. The average molecular weight is 395 g/mol. The highest BCUT2D eigenvalue weighted by Crippen LogP contribution is 2.24. The molecule has 0 bridgehead atoms. The highest BCUT2D eigenvalue weighted by molar-refractivity contribution is 5.96. The average Bonchev–Trinajstić information content (AvgIpc) is 3.00. The Balaban J connectivity index is 1.60. The first-order chi connectivity index (χ1) is 14.0. The van der Waals surface area contributed by atoms with Crippen LogP contribution in [0.3, 0.4) is 0 Å². The highest BCUT2D eigenvalue weighted by Gasteiger charge is 2.19. The number of benzene rings is 2. The molecule has 2 aromatic carbocycles. The number of ether oxygens (including phenoxy) is 1. The van der Waals surface area contributed by atoms with E-state index in [1.165, 1.54) is 12.8 Å². The van der Waals surface area contributed by atoms with Crippen molar-refractivity contribution >= 4 is 17.5 Å². The van der Waals surface area contributed by atoms with Crippen LogP contribution in [0.2, 0.25) is 0 Å². The van der Waals surface area contributed by atoms with E-state index < -0.39 is 6.10 Å². The first kappa shape index (κ1) is 20.9. The smallest absolute Gasteiger partial charge is 0.265 e. The zero-order chi connectivity index (χ0) is 20.8. The quantitative estimate of drug-likeness (QED) is 0.798. The standard InChI is InChI=1S/C24H30N2O3/c1-17-9-8-10-18(2)22(17)29-19(3)23(27)25-21-13-11-20(12-14-21)24(28)26-15-6-4-5-7-16-26/h8-14,19H,4-7,15-16H2,1-3H3,(H,25,27). The van der Waals surface area contributed by atoms with Gasteiger partial charge in [0, 0.05) is 24.3 Å². The summed E-state index contributed by atoms with van der Waals surface area (Å²) in [5.74, 6) is 0.587. The lowest BCUT2D eigenvalue weighted by molar-refractivity contribution is -0.122. The number of hydrogen-bond donors (Lipinski definition) is 1. The molecule has 1 unspecified atom stereocenters. The van der Waals surface area contributed by atoms with E-state index >= 15 is 0 Å². The van der Waals surface area contributed by atoms with Crippen molar-refractivity contribution in [2.75, 3.05) is 18.4 Å². The predicted molar refractivity (Wildman–Crippen MR) is 115 cm³/mol. The number of aryl methyl sites for hydroxylation is 2. The first-order valence-corrected chi connectivity index (χ1v) is 10.4. The summed E-state index contributed by atoms with van der Waals surface area (Å²) in [5.41, 5.74) is 3.31. The maximum absolute atomic E-state index is 12.7. The van der Waals surface area contributed by atoms with Crippen LogP contribution in [0.25, 0.3) is 0 Å². The van der Waals surface area contributed by atoms with Crippen LogP contribution < -0.4 is 10.1 Å². The number of carbonyl (C=O) groups is 2. The number of hydrogen-bond acceptors (Lipinski definition) is 3. The fraction of sp³-hybridized carbons (Fsp3) is 0.417. The van der Waals surface area contributed by atoms with Gasteiger partial charge in [-0.15, -0.1) is 0 Å². The lowest BCUT2D eigenvalue weighted by atomic mass is 10.1. The van der Waals surface area contributed by atoms with Gasteiger partial charge in [0.05, 0.1) is 0 Å². The van der Waals surface area contributed by atoms with Crippen molar-refractivity contribution in [3.63, 3.8) is 0 Å². The maximum Gasteiger partial charge on any atom is 0.265 e. The second-order valence-corrected chi connectivity index (χ2v) is 7.75. The fourth-order valence-electron chi connectivity index (χ4n) is 3.61. The van der Waals surface area contributed by atoms with Crippen molar-refractivity contribution in [1.29, 1.82) is 0 Å². The van der Waals surface area contributed by atoms with Crippen molar-refractivity contribution in [2.45, 2.75) is 52.6 Å². The van der Waals surface area contributed by atoms with Gasteiger partial charge in [-0.05, 0) is 69.0 Å². The zero-order valence-corrected chi connectivity index (χ0v) is 17.5. The first-order valence-electron chi connectivity index (χ1n) is 10.4. The second-order valence-electron chi connectivity index (χ2n) is 7.75. The molecule has 0 spiro atoms. The van der Waals surface area contributed by atoms with Crippen molar-refractivity contribution in [2.24, 2.45) is 0 Å². The monoisotopic (exact) mass is 394 g/mol. The largest absolute Gasteiger partial charge is 0.480 e. The van der Waals surface area contributed by atoms with Gasteiger partial charge in [-0.2, -0.15) is 0 Å². The van der Waals surface area contributed by atoms with Gasteiger partial charge in [0.15, 0.2) is 6.10 Å². The fourth-order valence-corrected chi connectivity index (χ4v) is 3.61. The van der Waals surface area contributed by atoms with E-state index in [0.29, 0.717) is 11.3 Å². The molecule has 0 aliphatic carbocycles. The van der Waals surface area contributed by atoms with E-state index in [2.05, 4.69) is 5.32 Å². The number of para-hydroxylation sites is 1. The van der Waals surface area contributed by atoms with Crippen LogP contribution >= 0.6 is 0 Å². The van der Waals surface area contributed by atoms with E-state index in [9.17, 15) is 9.59 Å². The Morgan fingerprint density at radius 2 is 1.52 bits per heavy atom. The molecule has 1 fully saturated rings. The van der Waals surface area contributed by atoms with Crippen LogP contribution in [0.4, 0.5) is 5.69 Å². The molecule has 1 aliphatic rings. The van der Waals surface area contributed by atoms with Gasteiger partial charge >= 0.3 is 0 Å². The Labute approximate surface area is 173 Å². The minimum Gasteiger partial charge on any atom is -0.480 e. The van der Waals surface area contributed by atoms with Crippen molar-refractivity contribution in [1.82, 2.24) is 4.90 Å². The van der Waals surface area contributed by atoms with Gasteiger partial charge in [-0.25, -0.2) is 0 Å². The summed E-state index contributed by atoms with van der Waals surface area (Å²) in [6.07, 6.45) is 3.89. The molecule has 0 aromatic heterocycles. The molecule has 29 heavy (non-hydrogen) atoms. The van der Waals surface area contributed by atoms with Crippen LogP contribution in [-0.4, -0.2) is 35.9 Å². The number of nitrogens with one attached hydrogen (secondary N) is 1. The van der Waals surface area contributed by atoms with Crippen molar-refractivity contribution in [3.05, 3.63) is 59.2 Å². The van der Waals surface area contributed by atoms with Crippen molar-refractivity contribution in [3.8, 4) is 5.75 Å². The Morgan fingerprint density at radius 1 is 0.931 bits per heavy atom. The summed E-state index contributed by atoms with van der Waals surface area (Å²) in [6.45, 7) is 7.31. The van der Waals surface area contributed by atoms with Gasteiger partial charge in [0.2, 0.25) is 0 Å². The molecular formula is C24H30N2O3. The molecule has 5 heteroatoms. The van der Waals surface area contributed by atoms with Crippen LogP contribution in [0.1, 0.15) is 54.1 Å². The Morgan fingerprint density at radius 3 is 2.10 bits per heavy atom. The summed E-state index contributed by atoms with van der Waals surface area (Å²) >= 11 is 0. The number of rotatable bonds is 5. The van der Waals surface area contributed by atoms with E-state index in [4.69, 9.17) is 4.74 Å². The van der Waals surface area contributed by atoms with E-state index in [1.807, 2.05) is 36.9 Å². The lowest BCUT2D eigenvalue weighted by Crippen LogP contribution is -2.32. The zero-order valence-electron chi connectivity index (χ0n) is 17.5. The molecule has 0 radical (unpaired) electrons. The third-order valence-electron chi connectivity index (χ3n) is 5.37. The van der Waals surface area contributed by atoms with Gasteiger partial charge < -0.3 is 15.0 Å². The molecule has 0 saturated carbocycles. The van der Waals surface area contributed by atoms with E-state index in [-0.39, 0.29) is 11.8 Å². The number of amides is 2. The summed E-state index contributed by atoms with van der Waals surface area (Å²) in [7, 11) is 0. The van der Waals surface area contributed by atoms with Gasteiger partial charge in [-0.3, -0.25) is 9.59 Å². The molecular weight excluding hydrogens is 364 g/mol.